The van der Waals surface area contributed by atoms with Crippen LogP contribution in [0.1, 0.15) is 124 Å². The first-order valence-electron chi connectivity index (χ1n) is 21.4. The Hall–Kier alpha value is -3.74. The second-order valence-electron chi connectivity index (χ2n) is 18.4. The van der Waals surface area contributed by atoms with Crippen molar-refractivity contribution in [1.29, 1.82) is 0 Å². The summed E-state index contributed by atoms with van der Waals surface area (Å²) in [6.07, 6.45) is 17.5. The first kappa shape index (κ1) is 39.5. The molecular formula is C48H64O7. The maximum atomic E-state index is 13.3. The van der Waals surface area contributed by atoms with Crippen molar-refractivity contribution in [2.45, 2.75) is 132 Å². The van der Waals surface area contributed by atoms with Gasteiger partial charge in [0.1, 0.15) is 34.7 Å². The van der Waals surface area contributed by atoms with Crippen LogP contribution in [0.5, 0.6) is 23.0 Å². The third-order valence-corrected chi connectivity index (χ3v) is 14.4. The molecule has 3 fully saturated rings. The van der Waals surface area contributed by atoms with Gasteiger partial charge < -0.3 is 23.4 Å². The van der Waals surface area contributed by atoms with E-state index in [4.69, 9.17) is 23.4 Å². The van der Waals surface area contributed by atoms with Crippen LogP contribution in [0.4, 0.5) is 0 Å². The number of carbonyl (C=O) groups is 1. The fourth-order valence-corrected chi connectivity index (χ4v) is 11.3. The van der Waals surface area contributed by atoms with Crippen molar-refractivity contribution in [1.82, 2.24) is 0 Å². The van der Waals surface area contributed by atoms with Gasteiger partial charge >= 0.3 is 5.97 Å². The minimum absolute atomic E-state index is 0.125. The maximum Gasteiger partial charge on any atom is 0.344 e. The molecule has 7 rings (SSSR count). The fourth-order valence-electron chi connectivity index (χ4n) is 11.3. The highest BCUT2D eigenvalue weighted by molar-refractivity contribution is 5.80. The van der Waals surface area contributed by atoms with E-state index >= 15 is 0 Å². The highest BCUT2D eigenvalue weighted by atomic mass is 16.6. The number of hydrogen-bond donors (Lipinski definition) is 0. The van der Waals surface area contributed by atoms with Gasteiger partial charge in [-0.1, -0.05) is 65.5 Å². The van der Waals surface area contributed by atoms with Crippen LogP contribution in [0, 0.1) is 53.3 Å². The van der Waals surface area contributed by atoms with Gasteiger partial charge in [0.25, 0.3) is 0 Å². The van der Waals surface area contributed by atoms with E-state index in [1.807, 2.05) is 6.92 Å². The number of esters is 1. The lowest BCUT2D eigenvalue weighted by molar-refractivity contribution is -0.154. The summed E-state index contributed by atoms with van der Waals surface area (Å²) in [5, 5.41) is 0.368. The number of rotatable bonds is 13. The Kier molecular flexibility index (Phi) is 11.8. The van der Waals surface area contributed by atoms with Gasteiger partial charge in [0, 0.05) is 12.5 Å². The summed E-state index contributed by atoms with van der Waals surface area (Å²) in [5.41, 5.74) is 2.29. The number of allylic oxidation sites excluding steroid dienone is 1. The zero-order valence-corrected chi connectivity index (χ0v) is 34.4. The summed E-state index contributed by atoms with van der Waals surface area (Å²) in [4.78, 5) is 26.4. The van der Waals surface area contributed by atoms with E-state index in [9.17, 15) is 9.59 Å². The molecule has 7 nitrogen and oxygen atoms in total. The number of fused-ring (bicyclic) bond motifs is 6. The summed E-state index contributed by atoms with van der Waals surface area (Å²) >= 11 is 0. The molecule has 0 N–H and O–H groups in total. The minimum atomic E-state index is -0.372. The van der Waals surface area contributed by atoms with Crippen molar-refractivity contribution >= 4 is 16.9 Å². The molecule has 2 aromatic carbocycles. The quantitative estimate of drug-likeness (QED) is 0.127. The predicted molar refractivity (Wildman–Crippen MR) is 218 cm³/mol. The molecule has 0 aliphatic heterocycles. The van der Waals surface area contributed by atoms with Gasteiger partial charge in [-0.15, -0.1) is 0 Å². The van der Waals surface area contributed by atoms with Crippen molar-refractivity contribution in [2.75, 3.05) is 13.2 Å². The largest absolute Gasteiger partial charge is 0.494 e. The zero-order chi connectivity index (χ0) is 38.9. The van der Waals surface area contributed by atoms with E-state index in [0.717, 1.165) is 60.5 Å². The summed E-state index contributed by atoms with van der Waals surface area (Å²) in [7, 11) is 0. The molecule has 1 aromatic heterocycles. The molecule has 3 saturated carbocycles. The van der Waals surface area contributed by atoms with Crippen LogP contribution in [0.15, 0.2) is 63.3 Å². The van der Waals surface area contributed by atoms with Gasteiger partial charge in [0.2, 0.25) is 11.2 Å². The van der Waals surface area contributed by atoms with Crippen LogP contribution in [0.25, 0.3) is 11.0 Å². The SMILES string of the molecule is CCOc1ccc(Oc2c(C)oc3cc(OCC(=O)O[C@@H]4CC[C@@]5(C)C(=CC[C@H]6[C@H]5CC[C@]5(C)C[C@@H]([C@H](C)CCCC(C)C)CC[C@@H]65)C4)ccc3c2=O)cc1. The standard InChI is InChI=1S/C48H64O7/c1-8-51-35-14-16-36(17-15-35)55-46-32(5)53-43-27-37(18-20-40(43)45(46)50)52-29-44(49)54-38-22-25-48(7)34(26-38)13-19-39-41-21-12-33(31(4)11-9-10-30(2)3)28-47(41,6)24-23-42(39)48/h13-18,20,27,30-31,33,38-39,41-42H,8-12,19,21-26,28-29H2,1-7H3/t31-,33+,38-,39-,41+,42-,47-,48+/m1/s1. The molecule has 0 bridgehead atoms. The molecule has 0 radical (unpaired) electrons. The molecule has 0 spiro atoms. The van der Waals surface area contributed by atoms with E-state index in [1.165, 1.54) is 63.4 Å². The number of aryl methyl sites for hydroxylation is 1. The van der Waals surface area contributed by atoms with Gasteiger partial charge in [-0.25, -0.2) is 4.79 Å². The van der Waals surface area contributed by atoms with Crippen LogP contribution in [0.3, 0.4) is 0 Å². The number of hydrogen-bond acceptors (Lipinski definition) is 7. The molecule has 1 heterocycles. The third-order valence-electron chi connectivity index (χ3n) is 14.4. The molecule has 8 atom stereocenters. The monoisotopic (exact) mass is 752 g/mol. The second-order valence-corrected chi connectivity index (χ2v) is 18.4. The lowest BCUT2D eigenvalue weighted by Crippen LogP contribution is -2.52. The molecule has 4 aliphatic carbocycles. The molecule has 0 amide bonds. The molecule has 55 heavy (non-hydrogen) atoms. The first-order valence-corrected chi connectivity index (χ1v) is 21.4. The van der Waals surface area contributed by atoms with Crippen LogP contribution in [-0.2, 0) is 9.53 Å². The Bertz CT molecular complexity index is 1910. The van der Waals surface area contributed by atoms with Crippen LogP contribution in [-0.4, -0.2) is 25.3 Å². The lowest BCUT2D eigenvalue weighted by atomic mass is 9.44. The highest BCUT2D eigenvalue weighted by Crippen LogP contribution is 2.65. The molecule has 3 aromatic rings. The average molecular weight is 753 g/mol. The number of carbonyl (C=O) groups excluding carboxylic acids is 1. The smallest absolute Gasteiger partial charge is 0.344 e. The Labute approximate surface area is 328 Å². The van der Waals surface area contributed by atoms with E-state index in [0.29, 0.717) is 40.3 Å². The van der Waals surface area contributed by atoms with Crippen molar-refractivity contribution in [3.05, 3.63) is 70.1 Å². The third kappa shape index (κ3) is 8.37. The van der Waals surface area contributed by atoms with Crippen molar-refractivity contribution in [3.8, 4) is 23.0 Å². The average Bonchev–Trinajstić information content (AvgIpc) is 3.15. The number of benzene rings is 2. The summed E-state index contributed by atoms with van der Waals surface area (Å²) in [5.74, 6) is 6.67. The van der Waals surface area contributed by atoms with Crippen LogP contribution >= 0.6 is 0 Å². The normalized spacial score (nSPS) is 29.4. The summed E-state index contributed by atoms with van der Waals surface area (Å²) in [6, 6.07) is 12.1. The zero-order valence-electron chi connectivity index (χ0n) is 34.4. The Morgan fingerprint density at radius 3 is 2.44 bits per heavy atom. The first-order chi connectivity index (χ1) is 26.4. The van der Waals surface area contributed by atoms with E-state index < -0.39 is 0 Å². The topological polar surface area (TPSA) is 84.2 Å². The molecular weight excluding hydrogens is 689 g/mol. The minimum Gasteiger partial charge on any atom is -0.494 e. The van der Waals surface area contributed by atoms with E-state index in [1.54, 1.807) is 49.4 Å². The fraction of sp³-hybridized carbons (Fsp3) is 0.625. The Balaban J connectivity index is 0.925. The molecule has 7 heteroatoms. The highest BCUT2D eigenvalue weighted by Gasteiger charge is 2.56. The second kappa shape index (κ2) is 16.4. The van der Waals surface area contributed by atoms with Gasteiger partial charge in [0.15, 0.2) is 6.61 Å². The maximum absolute atomic E-state index is 13.3. The van der Waals surface area contributed by atoms with Gasteiger partial charge in [-0.2, -0.15) is 0 Å². The lowest BCUT2D eigenvalue weighted by Gasteiger charge is -2.61. The summed E-state index contributed by atoms with van der Waals surface area (Å²) in [6.45, 7) is 16.4. The van der Waals surface area contributed by atoms with Crippen LogP contribution in [0.2, 0.25) is 0 Å². The molecule has 298 valence electrons. The van der Waals surface area contributed by atoms with E-state index in [-0.39, 0.29) is 35.3 Å². The van der Waals surface area contributed by atoms with Gasteiger partial charge in [-0.3, -0.25) is 4.79 Å². The Morgan fingerprint density at radius 2 is 1.67 bits per heavy atom. The van der Waals surface area contributed by atoms with E-state index in [2.05, 4.69) is 40.7 Å². The number of ether oxygens (including phenoxy) is 4. The van der Waals surface area contributed by atoms with Crippen molar-refractivity contribution in [3.63, 3.8) is 0 Å². The summed E-state index contributed by atoms with van der Waals surface area (Å²) < 4.78 is 29.3. The van der Waals surface area contributed by atoms with Gasteiger partial charge in [-0.05, 0) is 148 Å². The molecule has 0 unspecified atom stereocenters. The molecule has 0 saturated heterocycles. The van der Waals surface area contributed by atoms with Crippen molar-refractivity contribution in [2.24, 2.45) is 46.3 Å². The van der Waals surface area contributed by atoms with Crippen LogP contribution < -0.4 is 19.6 Å². The van der Waals surface area contributed by atoms with Crippen molar-refractivity contribution < 1.29 is 28.2 Å². The predicted octanol–water partition coefficient (Wildman–Crippen LogP) is 12.0. The van der Waals surface area contributed by atoms with Gasteiger partial charge in [0.05, 0.1) is 12.0 Å². The molecule has 4 aliphatic rings. The Morgan fingerprint density at radius 1 is 0.909 bits per heavy atom.